The van der Waals surface area contributed by atoms with Crippen molar-refractivity contribution in [3.8, 4) is 0 Å². The molecule has 1 amide bonds. The average Bonchev–Trinajstić information content (AvgIpc) is 2.29. The Labute approximate surface area is 102 Å². The summed E-state index contributed by atoms with van der Waals surface area (Å²) in [6.45, 7) is -0.700. The number of rotatable bonds is 4. The number of nitrogens with one attached hydrogen (secondary N) is 1. The van der Waals surface area contributed by atoms with E-state index in [-0.39, 0.29) is 29.0 Å². The quantitative estimate of drug-likeness (QED) is 0.691. The van der Waals surface area contributed by atoms with E-state index in [9.17, 15) is 4.79 Å². The summed E-state index contributed by atoms with van der Waals surface area (Å²) in [5.74, 6) is -0.487. The number of hydrogen-bond acceptors (Lipinski definition) is 4. The highest BCUT2D eigenvalue weighted by Crippen LogP contribution is 2.19. The third-order valence-electron chi connectivity index (χ3n) is 1.83. The van der Waals surface area contributed by atoms with E-state index in [0.29, 0.717) is 0 Å². The summed E-state index contributed by atoms with van der Waals surface area (Å²) in [6.07, 6.45) is 1.26. The molecule has 0 atom stereocenters. The van der Waals surface area contributed by atoms with Gasteiger partial charge in [0.2, 0.25) is 0 Å². The Hall–Kier alpha value is -0.880. The van der Waals surface area contributed by atoms with Crippen LogP contribution in [0.5, 0.6) is 0 Å². The van der Waals surface area contributed by atoms with E-state index >= 15 is 0 Å². The number of halogens is 2. The molecule has 1 rings (SSSR count). The Balaban J connectivity index is 2.76. The van der Waals surface area contributed by atoms with Gasteiger partial charge in [-0.2, -0.15) is 0 Å². The van der Waals surface area contributed by atoms with Crippen molar-refractivity contribution >= 4 is 29.1 Å². The fourth-order valence-corrected chi connectivity index (χ4v) is 1.23. The first-order valence-corrected chi connectivity index (χ1v) is 5.17. The molecule has 0 unspecified atom stereocenters. The molecule has 1 aromatic rings. The molecular formula is C9H10Cl2N2O3. The molecule has 5 nitrogen and oxygen atoms in total. The Morgan fingerprint density at radius 2 is 2.06 bits per heavy atom. The van der Waals surface area contributed by atoms with Gasteiger partial charge >= 0.3 is 0 Å². The maximum absolute atomic E-state index is 11.6. The number of amides is 1. The van der Waals surface area contributed by atoms with Gasteiger partial charge in [0.05, 0.1) is 29.8 Å². The molecule has 0 bridgehead atoms. The highest BCUT2D eigenvalue weighted by Gasteiger charge is 2.13. The molecule has 0 aliphatic carbocycles. The Kier molecular flexibility index (Phi) is 4.95. The topological polar surface area (TPSA) is 82.5 Å². The fraction of sp³-hybridized carbons (Fsp3) is 0.333. The van der Waals surface area contributed by atoms with Gasteiger partial charge in [0.1, 0.15) is 5.15 Å². The smallest absolute Gasteiger partial charge is 0.253 e. The fourth-order valence-electron chi connectivity index (χ4n) is 0.963. The molecule has 0 aliphatic rings. The minimum Gasteiger partial charge on any atom is -0.394 e. The maximum atomic E-state index is 11.6. The number of hydrogen-bond donors (Lipinski definition) is 3. The lowest BCUT2D eigenvalue weighted by Crippen LogP contribution is -2.40. The first-order chi connectivity index (χ1) is 7.58. The summed E-state index contributed by atoms with van der Waals surface area (Å²) in [6, 6.07) is 0.653. The van der Waals surface area contributed by atoms with Gasteiger partial charge in [0.25, 0.3) is 5.91 Å². The number of nitrogens with zero attached hydrogens (tertiary/aromatic N) is 1. The largest absolute Gasteiger partial charge is 0.394 e. The summed E-state index contributed by atoms with van der Waals surface area (Å²) in [4.78, 5) is 15.3. The zero-order valence-electron chi connectivity index (χ0n) is 8.15. The second-order valence-corrected chi connectivity index (χ2v) is 3.80. The molecule has 0 spiro atoms. The Morgan fingerprint density at radius 3 is 2.56 bits per heavy atom. The van der Waals surface area contributed by atoms with E-state index in [0.717, 1.165) is 0 Å². The number of aromatic nitrogens is 1. The predicted octanol–water partition coefficient (Wildman–Crippen LogP) is 0.471. The summed E-state index contributed by atoms with van der Waals surface area (Å²) in [7, 11) is 0. The van der Waals surface area contributed by atoms with Crippen LogP contribution in [0.3, 0.4) is 0 Å². The number of pyridine rings is 1. The van der Waals surface area contributed by atoms with Gasteiger partial charge in [-0.1, -0.05) is 23.2 Å². The van der Waals surface area contributed by atoms with E-state index in [1.165, 1.54) is 12.3 Å². The molecule has 0 aromatic carbocycles. The van der Waals surface area contributed by atoms with Crippen LogP contribution >= 0.6 is 23.2 Å². The summed E-state index contributed by atoms with van der Waals surface area (Å²) in [5, 5.41) is 20.2. The monoisotopic (exact) mass is 264 g/mol. The van der Waals surface area contributed by atoms with Crippen molar-refractivity contribution in [2.75, 3.05) is 13.2 Å². The number of aliphatic hydroxyl groups is 2. The zero-order chi connectivity index (χ0) is 12.1. The summed E-state index contributed by atoms with van der Waals surface area (Å²) >= 11 is 11.3. The van der Waals surface area contributed by atoms with Gasteiger partial charge in [-0.25, -0.2) is 4.98 Å². The van der Waals surface area contributed by atoms with Crippen molar-refractivity contribution in [2.45, 2.75) is 6.04 Å². The van der Waals surface area contributed by atoms with Gasteiger partial charge in [0.15, 0.2) is 0 Å². The van der Waals surface area contributed by atoms with E-state index in [1.54, 1.807) is 0 Å². The highest BCUT2D eigenvalue weighted by atomic mass is 35.5. The molecule has 0 fully saturated rings. The summed E-state index contributed by atoms with van der Waals surface area (Å²) in [5.41, 5.74) is 0.210. The van der Waals surface area contributed by atoms with Crippen LogP contribution in [-0.4, -0.2) is 40.4 Å². The molecule has 3 N–H and O–H groups in total. The standard InChI is InChI=1S/C9H10Cl2N2O3/c10-7-1-5(2-12-8(7)11)9(16)13-6(3-14)4-15/h1-2,6,14-15H,3-4H2,(H,13,16). The molecular weight excluding hydrogens is 255 g/mol. The Morgan fingerprint density at radius 1 is 1.44 bits per heavy atom. The van der Waals surface area contributed by atoms with E-state index in [2.05, 4.69) is 10.3 Å². The van der Waals surface area contributed by atoms with Crippen molar-refractivity contribution in [3.63, 3.8) is 0 Å². The molecule has 0 saturated carbocycles. The number of aliphatic hydroxyl groups excluding tert-OH is 2. The van der Waals surface area contributed by atoms with Crippen LogP contribution in [0.25, 0.3) is 0 Å². The van der Waals surface area contributed by atoms with E-state index in [1.807, 2.05) is 0 Å². The first-order valence-electron chi connectivity index (χ1n) is 4.42. The van der Waals surface area contributed by atoms with Crippen molar-refractivity contribution < 1.29 is 15.0 Å². The second kappa shape index (κ2) is 6.00. The molecule has 88 valence electrons. The third kappa shape index (κ3) is 3.31. The molecule has 1 aromatic heterocycles. The van der Waals surface area contributed by atoms with Crippen LogP contribution in [0.15, 0.2) is 12.3 Å². The molecule has 1 heterocycles. The molecule has 0 aliphatic heterocycles. The first kappa shape index (κ1) is 13.2. The van der Waals surface area contributed by atoms with Gasteiger partial charge in [-0.15, -0.1) is 0 Å². The van der Waals surface area contributed by atoms with Crippen molar-refractivity contribution in [3.05, 3.63) is 28.0 Å². The number of carbonyl (C=O) groups is 1. The number of carbonyl (C=O) groups excluding carboxylic acids is 1. The highest BCUT2D eigenvalue weighted by molar-refractivity contribution is 6.41. The minimum atomic E-state index is -0.707. The van der Waals surface area contributed by atoms with Crippen LogP contribution in [0.4, 0.5) is 0 Å². The zero-order valence-corrected chi connectivity index (χ0v) is 9.66. The van der Waals surface area contributed by atoms with Gasteiger partial charge in [-0.05, 0) is 6.07 Å². The SMILES string of the molecule is O=C(NC(CO)CO)c1cnc(Cl)c(Cl)c1. The van der Waals surface area contributed by atoms with Crippen LogP contribution in [-0.2, 0) is 0 Å². The minimum absolute atomic E-state index is 0.110. The van der Waals surface area contributed by atoms with Crippen molar-refractivity contribution in [2.24, 2.45) is 0 Å². The molecule has 0 saturated heterocycles. The van der Waals surface area contributed by atoms with E-state index < -0.39 is 11.9 Å². The Bertz CT molecular complexity index is 383. The second-order valence-electron chi connectivity index (χ2n) is 3.03. The molecule has 16 heavy (non-hydrogen) atoms. The molecule has 0 radical (unpaired) electrons. The van der Waals surface area contributed by atoms with Gasteiger partial charge in [0, 0.05) is 6.20 Å². The lowest BCUT2D eigenvalue weighted by molar-refractivity contribution is 0.0879. The van der Waals surface area contributed by atoms with Crippen LogP contribution < -0.4 is 5.32 Å². The average molecular weight is 265 g/mol. The normalized spacial score (nSPS) is 10.6. The van der Waals surface area contributed by atoms with Gasteiger partial charge in [-0.3, -0.25) is 4.79 Å². The maximum Gasteiger partial charge on any atom is 0.253 e. The third-order valence-corrected chi connectivity index (χ3v) is 2.52. The molecule has 7 heteroatoms. The lowest BCUT2D eigenvalue weighted by Gasteiger charge is -2.13. The predicted molar refractivity (Wildman–Crippen MR) is 59.7 cm³/mol. The van der Waals surface area contributed by atoms with E-state index in [4.69, 9.17) is 33.4 Å². The van der Waals surface area contributed by atoms with Crippen molar-refractivity contribution in [1.82, 2.24) is 10.3 Å². The van der Waals surface area contributed by atoms with Crippen LogP contribution in [0, 0.1) is 0 Å². The summed E-state index contributed by atoms with van der Waals surface area (Å²) < 4.78 is 0. The van der Waals surface area contributed by atoms with Crippen LogP contribution in [0.2, 0.25) is 10.2 Å². The van der Waals surface area contributed by atoms with Crippen LogP contribution in [0.1, 0.15) is 10.4 Å². The van der Waals surface area contributed by atoms with Crippen molar-refractivity contribution in [1.29, 1.82) is 0 Å². The lowest BCUT2D eigenvalue weighted by atomic mass is 10.2. The van der Waals surface area contributed by atoms with Gasteiger partial charge < -0.3 is 15.5 Å².